The Bertz CT molecular complexity index is 836. The van der Waals surface area contributed by atoms with Crippen LogP contribution in [0.25, 0.3) is 10.9 Å². The normalized spacial score (nSPS) is 10.8. The lowest BCUT2D eigenvalue weighted by molar-refractivity contribution is 0.477. The number of fused-ring (bicyclic) bond motifs is 1. The molecule has 0 spiro atoms. The summed E-state index contributed by atoms with van der Waals surface area (Å²) in [5.74, 6) is 0.664. The van der Waals surface area contributed by atoms with Gasteiger partial charge in [0.15, 0.2) is 5.75 Å². The highest BCUT2D eigenvalue weighted by molar-refractivity contribution is 9.10. The van der Waals surface area contributed by atoms with Gasteiger partial charge in [-0.2, -0.15) is 0 Å². The molecule has 0 radical (unpaired) electrons. The largest absolute Gasteiger partial charge is 0.455 e. The van der Waals surface area contributed by atoms with Gasteiger partial charge in [0.05, 0.1) is 0 Å². The van der Waals surface area contributed by atoms with E-state index >= 15 is 0 Å². The maximum atomic E-state index is 13.4. The summed E-state index contributed by atoms with van der Waals surface area (Å²) in [6.07, 6.45) is 1.67. The summed E-state index contributed by atoms with van der Waals surface area (Å²) < 4.78 is 20.0. The van der Waals surface area contributed by atoms with Crippen molar-refractivity contribution in [2.75, 3.05) is 5.73 Å². The average molecular weight is 347 g/mol. The Morgan fingerprint density at radius 1 is 1.14 bits per heavy atom. The molecule has 0 atom stereocenters. The standard InChI is InChI=1S/C16H12BrFN2O/c1-9-2-3-11(18)7-15(9)21-14-5-4-13(19)12-6-10(17)8-20-16(12)14/h2-8H,19H2,1H3. The molecule has 0 aliphatic rings. The van der Waals surface area contributed by atoms with Gasteiger partial charge in [0.2, 0.25) is 0 Å². The fraction of sp³-hybridized carbons (Fsp3) is 0.0625. The molecule has 1 aromatic heterocycles. The molecule has 3 nitrogen and oxygen atoms in total. The van der Waals surface area contributed by atoms with Crippen molar-refractivity contribution >= 4 is 32.5 Å². The van der Waals surface area contributed by atoms with Crippen LogP contribution in [0.2, 0.25) is 0 Å². The minimum absolute atomic E-state index is 0.342. The fourth-order valence-corrected chi connectivity index (χ4v) is 2.41. The number of hydrogen-bond acceptors (Lipinski definition) is 3. The Balaban J connectivity index is 2.13. The number of nitrogens with two attached hydrogens (primary N) is 1. The molecular formula is C16H12BrFN2O. The van der Waals surface area contributed by atoms with Gasteiger partial charge in [-0.05, 0) is 52.7 Å². The van der Waals surface area contributed by atoms with Gasteiger partial charge < -0.3 is 10.5 Å². The molecule has 0 saturated carbocycles. The number of rotatable bonds is 2. The maximum absolute atomic E-state index is 13.4. The molecule has 0 amide bonds. The van der Waals surface area contributed by atoms with Crippen LogP contribution in [0.15, 0.2) is 47.1 Å². The van der Waals surface area contributed by atoms with Gasteiger partial charge in [0.1, 0.15) is 17.1 Å². The number of nitrogen functional groups attached to an aromatic ring is 1. The number of nitrogens with zero attached hydrogens (tertiary/aromatic N) is 1. The topological polar surface area (TPSA) is 48.1 Å². The van der Waals surface area contributed by atoms with Gasteiger partial charge in [-0.1, -0.05) is 6.07 Å². The Kier molecular flexibility index (Phi) is 3.51. The molecule has 2 N–H and O–H groups in total. The number of benzene rings is 2. The number of halogens is 2. The third-order valence-corrected chi connectivity index (χ3v) is 3.62. The van der Waals surface area contributed by atoms with Gasteiger partial charge in [0, 0.05) is 27.8 Å². The molecule has 106 valence electrons. The van der Waals surface area contributed by atoms with E-state index in [0.29, 0.717) is 22.7 Å². The van der Waals surface area contributed by atoms with Gasteiger partial charge in [-0.3, -0.25) is 4.98 Å². The quantitative estimate of drug-likeness (QED) is 0.676. The van der Waals surface area contributed by atoms with Crippen molar-refractivity contribution in [1.29, 1.82) is 0 Å². The Morgan fingerprint density at radius 3 is 2.76 bits per heavy atom. The molecule has 0 saturated heterocycles. The molecule has 0 aliphatic heterocycles. The number of hydrogen-bond donors (Lipinski definition) is 1. The number of pyridine rings is 1. The molecule has 3 rings (SSSR count). The molecule has 1 heterocycles. The monoisotopic (exact) mass is 346 g/mol. The van der Waals surface area contributed by atoms with Crippen molar-refractivity contribution in [3.63, 3.8) is 0 Å². The summed E-state index contributed by atoms with van der Waals surface area (Å²) in [7, 11) is 0. The number of ether oxygens (including phenoxy) is 1. The Hall–Kier alpha value is -2.14. The highest BCUT2D eigenvalue weighted by Gasteiger charge is 2.10. The van der Waals surface area contributed by atoms with E-state index in [4.69, 9.17) is 10.5 Å². The number of aromatic nitrogens is 1. The molecule has 0 bridgehead atoms. The van der Waals surface area contributed by atoms with Crippen molar-refractivity contribution in [3.05, 3.63) is 58.4 Å². The first-order chi connectivity index (χ1) is 10.0. The Morgan fingerprint density at radius 2 is 1.95 bits per heavy atom. The SMILES string of the molecule is Cc1ccc(F)cc1Oc1ccc(N)c2cc(Br)cnc12. The lowest BCUT2D eigenvalue weighted by Gasteiger charge is -2.12. The first-order valence-electron chi connectivity index (χ1n) is 6.32. The molecule has 0 unspecified atom stereocenters. The Labute approximate surface area is 129 Å². The lowest BCUT2D eigenvalue weighted by Crippen LogP contribution is -1.94. The predicted molar refractivity (Wildman–Crippen MR) is 85.1 cm³/mol. The minimum atomic E-state index is -0.342. The van der Waals surface area contributed by atoms with Crippen LogP contribution in [0.5, 0.6) is 11.5 Å². The van der Waals surface area contributed by atoms with Crippen LogP contribution in [-0.4, -0.2) is 4.98 Å². The van der Waals surface area contributed by atoms with Crippen LogP contribution in [0.3, 0.4) is 0 Å². The van der Waals surface area contributed by atoms with Gasteiger partial charge in [-0.15, -0.1) is 0 Å². The van der Waals surface area contributed by atoms with Crippen LogP contribution in [0.1, 0.15) is 5.56 Å². The van der Waals surface area contributed by atoms with E-state index in [1.54, 1.807) is 24.4 Å². The van der Waals surface area contributed by atoms with E-state index in [0.717, 1.165) is 15.4 Å². The molecule has 2 aromatic carbocycles. The van der Waals surface area contributed by atoms with E-state index in [-0.39, 0.29) is 5.82 Å². The summed E-state index contributed by atoms with van der Waals surface area (Å²) >= 11 is 3.37. The zero-order valence-electron chi connectivity index (χ0n) is 11.2. The summed E-state index contributed by atoms with van der Waals surface area (Å²) in [6, 6.07) is 9.80. The minimum Gasteiger partial charge on any atom is -0.455 e. The molecule has 5 heteroatoms. The second-order valence-corrected chi connectivity index (χ2v) is 5.63. The first-order valence-corrected chi connectivity index (χ1v) is 7.11. The van der Waals surface area contributed by atoms with Crippen LogP contribution in [-0.2, 0) is 0 Å². The molecule has 3 aromatic rings. The van der Waals surface area contributed by atoms with Crippen LogP contribution < -0.4 is 10.5 Å². The van der Waals surface area contributed by atoms with Gasteiger partial charge >= 0.3 is 0 Å². The zero-order valence-corrected chi connectivity index (χ0v) is 12.8. The van der Waals surface area contributed by atoms with Crippen molar-refractivity contribution in [2.24, 2.45) is 0 Å². The second kappa shape index (κ2) is 5.33. The zero-order chi connectivity index (χ0) is 15.0. The van der Waals surface area contributed by atoms with Gasteiger partial charge in [0.25, 0.3) is 0 Å². The molecule has 21 heavy (non-hydrogen) atoms. The van der Waals surface area contributed by atoms with Crippen LogP contribution in [0.4, 0.5) is 10.1 Å². The van der Waals surface area contributed by atoms with E-state index in [1.807, 2.05) is 13.0 Å². The smallest absolute Gasteiger partial charge is 0.153 e. The maximum Gasteiger partial charge on any atom is 0.153 e. The molecule has 0 aliphatic carbocycles. The molecule has 0 fully saturated rings. The van der Waals surface area contributed by atoms with Crippen molar-refractivity contribution in [3.8, 4) is 11.5 Å². The third kappa shape index (κ3) is 2.69. The van der Waals surface area contributed by atoms with E-state index in [2.05, 4.69) is 20.9 Å². The van der Waals surface area contributed by atoms with Crippen molar-refractivity contribution in [2.45, 2.75) is 6.92 Å². The number of aryl methyl sites for hydroxylation is 1. The highest BCUT2D eigenvalue weighted by Crippen LogP contribution is 2.34. The third-order valence-electron chi connectivity index (χ3n) is 3.18. The van der Waals surface area contributed by atoms with Crippen molar-refractivity contribution in [1.82, 2.24) is 4.98 Å². The summed E-state index contributed by atoms with van der Waals surface area (Å²) in [5, 5.41) is 0.788. The lowest BCUT2D eigenvalue weighted by atomic mass is 10.1. The summed E-state index contributed by atoms with van der Waals surface area (Å²) in [6.45, 7) is 1.86. The van der Waals surface area contributed by atoms with Gasteiger partial charge in [-0.25, -0.2) is 4.39 Å². The predicted octanol–water partition coefficient (Wildman–Crippen LogP) is 4.82. The van der Waals surface area contributed by atoms with Crippen LogP contribution >= 0.6 is 15.9 Å². The highest BCUT2D eigenvalue weighted by atomic mass is 79.9. The first kappa shape index (κ1) is 13.8. The number of anilines is 1. The summed E-state index contributed by atoms with van der Waals surface area (Å²) in [4.78, 5) is 4.34. The van der Waals surface area contributed by atoms with E-state index < -0.39 is 0 Å². The fourth-order valence-electron chi connectivity index (χ4n) is 2.07. The van der Waals surface area contributed by atoms with Crippen LogP contribution in [0, 0.1) is 12.7 Å². The van der Waals surface area contributed by atoms with E-state index in [1.165, 1.54) is 12.1 Å². The summed E-state index contributed by atoms with van der Waals surface area (Å²) in [5.41, 5.74) is 8.06. The molecular weight excluding hydrogens is 335 g/mol. The van der Waals surface area contributed by atoms with Crippen molar-refractivity contribution < 1.29 is 9.13 Å². The average Bonchev–Trinajstić information content (AvgIpc) is 2.46. The van der Waals surface area contributed by atoms with E-state index in [9.17, 15) is 4.39 Å². The second-order valence-electron chi connectivity index (χ2n) is 4.71.